The SMILES string of the molecule is O=C(O)COC1(C(F)(F)F)c2ccccc2-c2c(Cl)cc(F)cc21. The van der Waals surface area contributed by atoms with Crippen LogP contribution in [0.3, 0.4) is 0 Å². The number of benzene rings is 2. The summed E-state index contributed by atoms with van der Waals surface area (Å²) in [5, 5.41) is 8.56. The van der Waals surface area contributed by atoms with Crippen molar-refractivity contribution in [1.29, 1.82) is 0 Å². The Labute approximate surface area is 138 Å². The fourth-order valence-corrected chi connectivity index (χ4v) is 3.30. The van der Waals surface area contributed by atoms with Gasteiger partial charge in [0.1, 0.15) is 12.4 Å². The van der Waals surface area contributed by atoms with E-state index in [1.165, 1.54) is 24.3 Å². The van der Waals surface area contributed by atoms with E-state index in [-0.39, 0.29) is 21.7 Å². The third-order valence-electron chi connectivity index (χ3n) is 3.82. The predicted octanol–water partition coefficient (Wildman–Crippen LogP) is 4.37. The predicted molar refractivity (Wildman–Crippen MR) is 77.3 cm³/mol. The number of carbonyl (C=O) groups is 1. The molecule has 126 valence electrons. The molecule has 1 unspecified atom stereocenters. The van der Waals surface area contributed by atoms with Gasteiger partial charge in [0.15, 0.2) is 0 Å². The lowest BCUT2D eigenvalue weighted by atomic mass is 9.90. The van der Waals surface area contributed by atoms with Crippen molar-refractivity contribution in [1.82, 2.24) is 0 Å². The molecular formula is C16H9ClF4O3. The van der Waals surface area contributed by atoms with E-state index < -0.39 is 35.7 Å². The molecule has 2 aromatic carbocycles. The van der Waals surface area contributed by atoms with Crippen LogP contribution in [0.5, 0.6) is 0 Å². The van der Waals surface area contributed by atoms with Crippen molar-refractivity contribution in [3.8, 4) is 11.1 Å². The second kappa shape index (κ2) is 5.46. The number of fused-ring (bicyclic) bond motifs is 3. The Hall–Kier alpha value is -2.12. The topological polar surface area (TPSA) is 46.5 Å². The van der Waals surface area contributed by atoms with Gasteiger partial charge in [-0.1, -0.05) is 35.9 Å². The van der Waals surface area contributed by atoms with Gasteiger partial charge in [-0.3, -0.25) is 0 Å². The zero-order chi connectivity index (χ0) is 17.7. The standard InChI is InChI=1S/C16H9ClF4O3/c17-12-6-8(18)5-11-14(12)9-3-1-2-4-10(9)15(11,16(19,20)21)24-7-13(22)23/h1-6H,7H2,(H,22,23). The maximum atomic E-state index is 14.0. The van der Waals surface area contributed by atoms with E-state index in [4.69, 9.17) is 21.4 Å². The molecule has 0 amide bonds. The summed E-state index contributed by atoms with van der Waals surface area (Å²) >= 11 is 5.96. The van der Waals surface area contributed by atoms with Crippen molar-refractivity contribution in [3.63, 3.8) is 0 Å². The van der Waals surface area contributed by atoms with Crippen molar-refractivity contribution in [2.24, 2.45) is 0 Å². The van der Waals surface area contributed by atoms with E-state index >= 15 is 0 Å². The highest BCUT2D eigenvalue weighted by Gasteiger charge is 2.63. The Bertz CT molecular complexity index is 835. The second-order valence-corrected chi connectivity index (χ2v) is 5.62. The van der Waals surface area contributed by atoms with Crippen LogP contribution in [-0.4, -0.2) is 23.9 Å². The van der Waals surface area contributed by atoms with E-state index in [0.717, 1.165) is 6.07 Å². The summed E-state index contributed by atoms with van der Waals surface area (Å²) < 4.78 is 60.6. The smallest absolute Gasteiger partial charge is 0.426 e. The summed E-state index contributed by atoms with van der Waals surface area (Å²) in [7, 11) is 0. The van der Waals surface area contributed by atoms with E-state index in [0.29, 0.717) is 6.07 Å². The van der Waals surface area contributed by atoms with Gasteiger partial charge in [0.2, 0.25) is 5.60 Å². The molecule has 3 nitrogen and oxygen atoms in total. The molecule has 1 atom stereocenters. The highest BCUT2D eigenvalue weighted by atomic mass is 35.5. The van der Waals surface area contributed by atoms with E-state index in [2.05, 4.69) is 0 Å². The molecule has 1 aliphatic rings. The van der Waals surface area contributed by atoms with Crippen LogP contribution in [0.25, 0.3) is 11.1 Å². The zero-order valence-corrected chi connectivity index (χ0v) is 12.6. The molecule has 1 N–H and O–H groups in total. The van der Waals surface area contributed by atoms with Gasteiger partial charge in [-0.15, -0.1) is 0 Å². The Morgan fingerprint density at radius 1 is 1.21 bits per heavy atom. The van der Waals surface area contributed by atoms with Crippen molar-refractivity contribution >= 4 is 17.6 Å². The van der Waals surface area contributed by atoms with E-state index in [1.807, 2.05) is 0 Å². The molecule has 24 heavy (non-hydrogen) atoms. The fourth-order valence-electron chi connectivity index (χ4n) is 2.99. The first-order valence-electron chi connectivity index (χ1n) is 6.70. The number of aliphatic carboxylic acids is 1. The summed E-state index contributed by atoms with van der Waals surface area (Å²) in [6.45, 7) is -1.21. The van der Waals surface area contributed by atoms with Crippen LogP contribution in [-0.2, 0) is 15.1 Å². The summed E-state index contributed by atoms with van der Waals surface area (Å²) in [5.74, 6) is -2.55. The molecule has 1 aliphatic carbocycles. The highest BCUT2D eigenvalue weighted by molar-refractivity contribution is 6.33. The third kappa shape index (κ3) is 2.27. The van der Waals surface area contributed by atoms with Crippen LogP contribution in [0.4, 0.5) is 17.6 Å². The lowest BCUT2D eigenvalue weighted by molar-refractivity contribution is -0.264. The Morgan fingerprint density at radius 2 is 1.88 bits per heavy atom. The first-order chi connectivity index (χ1) is 11.2. The van der Waals surface area contributed by atoms with Crippen LogP contribution in [0.2, 0.25) is 5.02 Å². The largest absolute Gasteiger partial charge is 0.480 e. The maximum Gasteiger partial charge on any atom is 0.426 e. The van der Waals surface area contributed by atoms with Crippen LogP contribution in [0.15, 0.2) is 36.4 Å². The molecule has 3 rings (SSSR count). The maximum absolute atomic E-state index is 14.0. The minimum absolute atomic E-state index is 0.0172. The molecule has 0 spiro atoms. The number of rotatable bonds is 3. The van der Waals surface area contributed by atoms with Crippen LogP contribution < -0.4 is 0 Å². The summed E-state index contributed by atoms with van der Waals surface area (Å²) in [6.07, 6.45) is -5.03. The molecule has 2 aromatic rings. The summed E-state index contributed by atoms with van der Waals surface area (Å²) in [5.41, 5.74) is -3.86. The Kier molecular flexibility index (Phi) is 3.80. The molecule has 8 heteroatoms. The number of ether oxygens (including phenoxy) is 1. The van der Waals surface area contributed by atoms with Crippen molar-refractivity contribution < 1.29 is 32.2 Å². The molecular weight excluding hydrogens is 352 g/mol. The molecule has 0 radical (unpaired) electrons. The number of halogens is 5. The lowest BCUT2D eigenvalue weighted by Crippen LogP contribution is -2.45. The number of hydrogen-bond donors (Lipinski definition) is 1. The fraction of sp³-hybridized carbons (Fsp3) is 0.188. The van der Waals surface area contributed by atoms with Gasteiger partial charge in [-0.25, -0.2) is 9.18 Å². The number of hydrogen-bond acceptors (Lipinski definition) is 2. The molecule has 0 aromatic heterocycles. The highest BCUT2D eigenvalue weighted by Crippen LogP contribution is 2.58. The van der Waals surface area contributed by atoms with Gasteiger partial charge < -0.3 is 9.84 Å². The normalized spacial score (nSPS) is 19.0. The van der Waals surface area contributed by atoms with Crippen molar-refractivity contribution in [3.05, 3.63) is 58.4 Å². The molecule has 0 heterocycles. The van der Waals surface area contributed by atoms with Crippen LogP contribution in [0, 0.1) is 5.82 Å². The van der Waals surface area contributed by atoms with Gasteiger partial charge in [-0.05, 0) is 17.7 Å². The summed E-state index contributed by atoms with van der Waals surface area (Å²) in [4.78, 5) is 10.8. The molecule has 0 bridgehead atoms. The van der Waals surface area contributed by atoms with E-state index in [9.17, 15) is 22.4 Å². The van der Waals surface area contributed by atoms with E-state index in [1.54, 1.807) is 0 Å². The number of carboxylic acids is 1. The molecule has 0 saturated carbocycles. The van der Waals surface area contributed by atoms with Gasteiger partial charge in [0.25, 0.3) is 0 Å². The number of alkyl halides is 3. The third-order valence-corrected chi connectivity index (χ3v) is 4.12. The van der Waals surface area contributed by atoms with Crippen LogP contribution in [0.1, 0.15) is 11.1 Å². The summed E-state index contributed by atoms with van der Waals surface area (Å²) in [6, 6.07) is 7.01. The molecule has 0 aliphatic heterocycles. The van der Waals surface area contributed by atoms with Crippen LogP contribution >= 0.6 is 11.6 Å². The first-order valence-corrected chi connectivity index (χ1v) is 7.08. The minimum atomic E-state index is -5.03. The Morgan fingerprint density at radius 3 is 2.50 bits per heavy atom. The van der Waals surface area contributed by atoms with Crippen molar-refractivity contribution in [2.75, 3.05) is 6.61 Å². The van der Waals surface area contributed by atoms with Gasteiger partial charge in [0, 0.05) is 16.7 Å². The lowest BCUT2D eigenvalue weighted by Gasteiger charge is -2.33. The molecule has 0 saturated heterocycles. The number of carboxylic acid groups (broad SMARTS) is 1. The second-order valence-electron chi connectivity index (χ2n) is 5.22. The van der Waals surface area contributed by atoms with Crippen molar-refractivity contribution in [2.45, 2.75) is 11.8 Å². The quantitative estimate of drug-likeness (QED) is 0.827. The molecule has 0 fully saturated rings. The minimum Gasteiger partial charge on any atom is -0.480 e. The monoisotopic (exact) mass is 360 g/mol. The average molecular weight is 361 g/mol. The van der Waals surface area contributed by atoms with Gasteiger partial charge in [0.05, 0.1) is 5.02 Å². The zero-order valence-electron chi connectivity index (χ0n) is 11.8. The first kappa shape index (κ1) is 16.7. The van der Waals surface area contributed by atoms with Gasteiger partial charge >= 0.3 is 12.1 Å². The Balaban J connectivity index is 2.39. The average Bonchev–Trinajstić information content (AvgIpc) is 2.75. The van der Waals surface area contributed by atoms with Gasteiger partial charge in [-0.2, -0.15) is 13.2 Å².